The van der Waals surface area contributed by atoms with E-state index in [9.17, 15) is 0 Å². The second kappa shape index (κ2) is 5.60. The zero-order chi connectivity index (χ0) is 15.0. The Morgan fingerprint density at radius 1 is 1.24 bits per heavy atom. The fourth-order valence-corrected chi connectivity index (χ4v) is 3.80. The minimum atomic E-state index is 0.143. The van der Waals surface area contributed by atoms with Crippen molar-refractivity contribution in [1.82, 2.24) is 10.3 Å². The lowest BCUT2D eigenvalue weighted by molar-refractivity contribution is 0.424. The summed E-state index contributed by atoms with van der Waals surface area (Å²) in [5.41, 5.74) is 4.02. The lowest BCUT2D eigenvalue weighted by Gasteiger charge is -2.26. The normalized spacial score (nSPS) is 25.4. The molecular formula is C18H29N3. The van der Waals surface area contributed by atoms with Gasteiger partial charge in [-0.15, -0.1) is 0 Å². The number of fused-ring (bicyclic) bond motifs is 1. The molecule has 1 saturated carbocycles. The predicted octanol–water partition coefficient (Wildman–Crippen LogP) is 3.51. The van der Waals surface area contributed by atoms with Gasteiger partial charge in [0.2, 0.25) is 0 Å². The first kappa shape index (κ1) is 14.8. The first-order valence-corrected chi connectivity index (χ1v) is 8.38. The molecule has 21 heavy (non-hydrogen) atoms. The maximum Gasteiger partial charge on any atom is 0.0445 e. The van der Waals surface area contributed by atoms with Crippen LogP contribution in [0.2, 0.25) is 0 Å². The predicted molar refractivity (Wildman–Crippen MR) is 88.6 cm³/mol. The molecule has 0 radical (unpaired) electrons. The summed E-state index contributed by atoms with van der Waals surface area (Å²) >= 11 is 0. The van der Waals surface area contributed by atoms with Crippen molar-refractivity contribution < 1.29 is 0 Å². The van der Waals surface area contributed by atoms with Gasteiger partial charge in [-0.05, 0) is 58.4 Å². The van der Waals surface area contributed by atoms with Gasteiger partial charge in [0, 0.05) is 48.3 Å². The summed E-state index contributed by atoms with van der Waals surface area (Å²) < 4.78 is 0. The Labute approximate surface area is 129 Å². The van der Waals surface area contributed by atoms with Crippen LogP contribution < -0.4 is 10.2 Å². The SMILES string of the molecule is Cc1cc(N2CC3CCCC3C2)c(CNC(C)(C)C)cn1. The number of aromatic nitrogens is 1. The van der Waals surface area contributed by atoms with Crippen LogP contribution in [-0.2, 0) is 6.54 Å². The van der Waals surface area contributed by atoms with Gasteiger partial charge in [0.05, 0.1) is 0 Å². The fraction of sp³-hybridized carbons (Fsp3) is 0.722. The second-order valence-corrected chi connectivity index (χ2v) is 7.91. The van der Waals surface area contributed by atoms with E-state index in [1.807, 2.05) is 0 Å². The first-order chi connectivity index (χ1) is 9.92. The summed E-state index contributed by atoms with van der Waals surface area (Å²) in [6.45, 7) is 12.1. The van der Waals surface area contributed by atoms with Gasteiger partial charge in [0.1, 0.15) is 0 Å². The molecule has 3 rings (SSSR count). The molecule has 1 N–H and O–H groups in total. The highest BCUT2D eigenvalue weighted by Gasteiger charge is 2.36. The lowest BCUT2D eigenvalue weighted by Crippen LogP contribution is -2.35. The van der Waals surface area contributed by atoms with E-state index >= 15 is 0 Å². The first-order valence-electron chi connectivity index (χ1n) is 8.38. The fourth-order valence-electron chi connectivity index (χ4n) is 3.80. The van der Waals surface area contributed by atoms with E-state index in [-0.39, 0.29) is 5.54 Å². The third-order valence-electron chi connectivity index (χ3n) is 4.97. The van der Waals surface area contributed by atoms with Crippen molar-refractivity contribution in [2.75, 3.05) is 18.0 Å². The van der Waals surface area contributed by atoms with Gasteiger partial charge < -0.3 is 10.2 Å². The Bertz CT molecular complexity index is 492. The van der Waals surface area contributed by atoms with E-state index in [2.05, 4.69) is 55.2 Å². The Morgan fingerprint density at radius 2 is 1.90 bits per heavy atom. The van der Waals surface area contributed by atoms with Gasteiger partial charge in [0.25, 0.3) is 0 Å². The minimum Gasteiger partial charge on any atom is -0.371 e. The zero-order valence-corrected chi connectivity index (χ0v) is 13.9. The van der Waals surface area contributed by atoms with Crippen molar-refractivity contribution >= 4 is 5.69 Å². The van der Waals surface area contributed by atoms with Crippen LogP contribution in [0.1, 0.15) is 51.3 Å². The smallest absolute Gasteiger partial charge is 0.0445 e. The molecule has 0 spiro atoms. The van der Waals surface area contributed by atoms with Crippen LogP contribution in [0, 0.1) is 18.8 Å². The van der Waals surface area contributed by atoms with Crippen molar-refractivity contribution in [3.05, 3.63) is 23.5 Å². The van der Waals surface area contributed by atoms with Crippen molar-refractivity contribution in [1.29, 1.82) is 0 Å². The summed E-state index contributed by atoms with van der Waals surface area (Å²) in [5.74, 6) is 1.86. The molecule has 1 saturated heterocycles. The monoisotopic (exact) mass is 287 g/mol. The highest BCUT2D eigenvalue weighted by Crippen LogP contribution is 2.40. The molecule has 2 fully saturated rings. The summed E-state index contributed by atoms with van der Waals surface area (Å²) in [7, 11) is 0. The Morgan fingerprint density at radius 3 is 2.52 bits per heavy atom. The van der Waals surface area contributed by atoms with Crippen LogP contribution in [0.25, 0.3) is 0 Å². The minimum absolute atomic E-state index is 0.143. The molecule has 1 aromatic rings. The molecule has 2 unspecified atom stereocenters. The van der Waals surface area contributed by atoms with E-state index in [0.29, 0.717) is 0 Å². The second-order valence-electron chi connectivity index (χ2n) is 7.91. The summed E-state index contributed by atoms with van der Waals surface area (Å²) in [6.07, 6.45) is 6.37. The van der Waals surface area contributed by atoms with Crippen LogP contribution in [0.4, 0.5) is 5.69 Å². The van der Waals surface area contributed by atoms with E-state index in [1.54, 1.807) is 0 Å². The molecule has 1 aliphatic carbocycles. The topological polar surface area (TPSA) is 28.2 Å². The van der Waals surface area contributed by atoms with Crippen LogP contribution in [0.15, 0.2) is 12.3 Å². The number of rotatable bonds is 3. The molecule has 0 bridgehead atoms. The van der Waals surface area contributed by atoms with E-state index in [0.717, 1.165) is 24.1 Å². The van der Waals surface area contributed by atoms with Crippen LogP contribution in [0.3, 0.4) is 0 Å². The molecule has 2 aliphatic rings. The van der Waals surface area contributed by atoms with Crippen LogP contribution >= 0.6 is 0 Å². The maximum atomic E-state index is 4.52. The van der Waals surface area contributed by atoms with Gasteiger partial charge in [-0.1, -0.05) is 6.42 Å². The molecule has 0 amide bonds. The summed E-state index contributed by atoms with van der Waals surface area (Å²) in [5, 5.41) is 3.61. The lowest BCUT2D eigenvalue weighted by atomic mass is 10.0. The van der Waals surface area contributed by atoms with Crippen LogP contribution in [0.5, 0.6) is 0 Å². The summed E-state index contributed by atoms with van der Waals surface area (Å²) in [4.78, 5) is 7.13. The van der Waals surface area contributed by atoms with E-state index < -0.39 is 0 Å². The number of nitrogens with one attached hydrogen (secondary N) is 1. The number of aryl methyl sites for hydroxylation is 1. The van der Waals surface area contributed by atoms with Gasteiger partial charge in [0.15, 0.2) is 0 Å². The number of hydrogen-bond donors (Lipinski definition) is 1. The average molecular weight is 287 g/mol. The van der Waals surface area contributed by atoms with Crippen molar-refractivity contribution in [3.63, 3.8) is 0 Å². The number of pyridine rings is 1. The maximum absolute atomic E-state index is 4.52. The van der Waals surface area contributed by atoms with E-state index in [4.69, 9.17) is 0 Å². The molecule has 3 nitrogen and oxygen atoms in total. The van der Waals surface area contributed by atoms with Gasteiger partial charge >= 0.3 is 0 Å². The Hall–Kier alpha value is -1.09. The Kier molecular flexibility index (Phi) is 3.96. The molecule has 2 atom stereocenters. The number of hydrogen-bond acceptors (Lipinski definition) is 3. The van der Waals surface area contributed by atoms with E-state index in [1.165, 1.54) is 43.6 Å². The molecule has 2 heterocycles. The summed E-state index contributed by atoms with van der Waals surface area (Å²) in [6, 6.07) is 2.28. The van der Waals surface area contributed by atoms with Crippen molar-refractivity contribution in [2.45, 2.75) is 59.0 Å². The average Bonchev–Trinajstić information content (AvgIpc) is 2.96. The molecule has 116 valence electrons. The quantitative estimate of drug-likeness (QED) is 0.922. The highest BCUT2D eigenvalue weighted by atomic mass is 15.2. The third-order valence-corrected chi connectivity index (χ3v) is 4.97. The highest BCUT2D eigenvalue weighted by molar-refractivity contribution is 5.54. The molecule has 1 aliphatic heterocycles. The van der Waals surface area contributed by atoms with Crippen molar-refractivity contribution in [2.24, 2.45) is 11.8 Å². The van der Waals surface area contributed by atoms with Gasteiger partial charge in [-0.3, -0.25) is 4.98 Å². The molecular weight excluding hydrogens is 258 g/mol. The largest absolute Gasteiger partial charge is 0.371 e. The number of nitrogens with zero attached hydrogens (tertiary/aromatic N) is 2. The molecule has 3 heteroatoms. The Balaban J connectivity index is 1.78. The molecule has 1 aromatic heterocycles. The zero-order valence-electron chi connectivity index (χ0n) is 13.9. The third kappa shape index (κ3) is 3.39. The van der Waals surface area contributed by atoms with Gasteiger partial charge in [-0.25, -0.2) is 0 Å². The van der Waals surface area contributed by atoms with Crippen molar-refractivity contribution in [3.8, 4) is 0 Å². The van der Waals surface area contributed by atoms with Crippen LogP contribution in [-0.4, -0.2) is 23.6 Å². The standard InChI is InChI=1S/C18H29N3/c1-13-8-17(16(9-19-13)10-20-18(2,3)4)21-11-14-6-5-7-15(14)12-21/h8-9,14-15,20H,5-7,10-12H2,1-4H3. The number of anilines is 1. The van der Waals surface area contributed by atoms with Gasteiger partial charge in [-0.2, -0.15) is 0 Å². The molecule has 0 aromatic carbocycles.